The van der Waals surface area contributed by atoms with Crippen molar-refractivity contribution in [2.24, 2.45) is 5.92 Å². The lowest BCUT2D eigenvalue weighted by Gasteiger charge is -2.16. The molecule has 2 unspecified atom stereocenters. The Hall–Kier alpha value is -1.34. The molecule has 7 heteroatoms. The molecule has 0 radical (unpaired) electrons. The monoisotopic (exact) mass is 288 g/mol. The van der Waals surface area contributed by atoms with Gasteiger partial charge in [0.2, 0.25) is 0 Å². The Morgan fingerprint density at radius 3 is 2.75 bits per heavy atom. The van der Waals surface area contributed by atoms with Gasteiger partial charge in [0.05, 0.1) is 25.4 Å². The van der Waals surface area contributed by atoms with Crippen LogP contribution in [0, 0.1) is 5.92 Å². The lowest BCUT2D eigenvalue weighted by molar-refractivity contribution is -0.142. The highest BCUT2D eigenvalue weighted by molar-refractivity contribution is 5.77. The number of carboxylic acid groups (broad SMARTS) is 1. The fourth-order valence-corrected chi connectivity index (χ4v) is 1.91. The molecule has 0 bridgehead atoms. The van der Waals surface area contributed by atoms with E-state index < -0.39 is 17.9 Å². The van der Waals surface area contributed by atoms with Crippen molar-refractivity contribution in [1.82, 2.24) is 10.6 Å². The van der Waals surface area contributed by atoms with Gasteiger partial charge in [-0.1, -0.05) is 0 Å². The molecule has 2 amide bonds. The van der Waals surface area contributed by atoms with Gasteiger partial charge in [0, 0.05) is 13.2 Å². The molecule has 0 aromatic carbocycles. The third-order valence-corrected chi connectivity index (χ3v) is 3.02. The fraction of sp³-hybridized carbons (Fsp3) is 0.846. The van der Waals surface area contributed by atoms with E-state index in [4.69, 9.17) is 14.6 Å². The summed E-state index contributed by atoms with van der Waals surface area (Å²) in [6, 6.07) is -0.812. The van der Waals surface area contributed by atoms with Gasteiger partial charge in [0.25, 0.3) is 0 Å². The number of rotatable bonds is 8. The molecule has 20 heavy (non-hydrogen) atoms. The van der Waals surface area contributed by atoms with Gasteiger partial charge in [-0.2, -0.15) is 0 Å². The number of carbonyl (C=O) groups excluding carboxylic acids is 1. The second-order valence-electron chi connectivity index (χ2n) is 5.12. The van der Waals surface area contributed by atoms with Crippen LogP contribution in [0.5, 0.6) is 0 Å². The fourth-order valence-electron chi connectivity index (χ4n) is 1.91. The minimum Gasteiger partial charge on any atom is -0.481 e. The number of aliphatic carboxylic acids is 1. The zero-order valence-corrected chi connectivity index (χ0v) is 12.1. The molecule has 1 fully saturated rings. The predicted octanol–water partition coefficient (Wildman–Crippen LogP) is 0.590. The van der Waals surface area contributed by atoms with E-state index in [1.165, 1.54) is 0 Å². The molecule has 0 spiro atoms. The van der Waals surface area contributed by atoms with E-state index in [9.17, 15) is 9.59 Å². The zero-order valence-electron chi connectivity index (χ0n) is 12.1. The van der Waals surface area contributed by atoms with E-state index in [1.807, 2.05) is 13.8 Å². The molecule has 1 heterocycles. The number of carboxylic acids is 1. The first-order valence-corrected chi connectivity index (χ1v) is 6.97. The molecule has 3 N–H and O–H groups in total. The van der Waals surface area contributed by atoms with Crippen LogP contribution in [0.25, 0.3) is 0 Å². The number of ether oxygens (including phenoxy) is 2. The van der Waals surface area contributed by atoms with Crippen LogP contribution in [-0.4, -0.2) is 55.6 Å². The third kappa shape index (κ3) is 6.21. The number of amides is 2. The summed E-state index contributed by atoms with van der Waals surface area (Å²) in [4.78, 5) is 22.5. The van der Waals surface area contributed by atoms with Gasteiger partial charge >= 0.3 is 12.0 Å². The Bertz CT molecular complexity index is 322. The largest absolute Gasteiger partial charge is 0.481 e. The molecule has 0 aromatic rings. The molecule has 1 saturated heterocycles. The Labute approximate surface area is 119 Å². The van der Waals surface area contributed by atoms with Crippen molar-refractivity contribution in [2.45, 2.75) is 38.8 Å². The first-order valence-electron chi connectivity index (χ1n) is 6.97. The van der Waals surface area contributed by atoms with Gasteiger partial charge < -0.3 is 25.2 Å². The lowest BCUT2D eigenvalue weighted by atomic mass is 10.0. The second-order valence-corrected chi connectivity index (χ2v) is 5.12. The number of unbranched alkanes of at least 4 members (excludes halogenated alkanes) is 1. The first kappa shape index (κ1) is 16.7. The molecule has 116 valence electrons. The van der Waals surface area contributed by atoms with Gasteiger partial charge in [0.15, 0.2) is 0 Å². The number of hydrogen-bond acceptors (Lipinski definition) is 4. The highest BCUT2D eigenvalue weighted by Gasteiger charge is 2.34. The molecule has 1 aliphatic heterocycles. The maximum atomic E-state index is 11.6. The standard InChI is InChI=1S/C13H24N2O5/c1-9(2)20-6-4-3-5-14-13(18)15-11-8-19-7-10(11)12(16)17/h9-11H,3-8H2,1-2H3,(H,16,17)(H2,14,15,18). The van der Waals surface area contributed by atoms with Crippen LogP contribution < -0.4 is 10.6 Å². The zero-order chi connectivity index (χ0) is 15.0. The summed E-state index contributed by atoms with van der Waals surface area (Å²) < 4.78 is 10.5. The molecule has 0 aromatic heterocycles. The molecular formula is C13H24N2O5. The van der Waals surface area contributed by atoms with Gasteiger partial charge in [-0.05, 0) is 26.7 Å². The summed E-state index contributed by atoms with van der Waals surface area (Å²) in [5.74, 6) is -1.61. The number of hydrogen-bond donors (Lipinski definition) is 3. The number of urea groups is 1. The second kappa shape index (κ2) is 8.76. The summed E-state index contributed by atoms with van der Waals surface area (Å²) in [6.07, 6.45) is 1.92. The summed E-state index contributed by atoms with van der Waals surface area (Å²) in [5.41, 5.74) is 0. The molecule has 1 rings (SSSR count). The topological polar surface area (TPSA) is 96.9 Å². The Balaban J connectivity index is 2.10. The molecule has 1 aliphatic rings. The normalized spacial score (nSPS) is 21.9. The van der Waals surface area contributed by atoms with Crippen molar-refractivity contribution in [3.8, 4) is 0 Å². The van der Waals surface area contributed by atoms with Crippen molar-refractivity contribution in [3.05, 3.63) is 0 Å². The SMILES string of the molecule is CC(C)OCCCCNC(=O)NC1COCC1C(=O)O. The van der Waals surface area contributed by atoms with Crippen molar-refractivity contribution in [1.29, 1.82) is 0 Å². The number of carbonyl (C=O) groups is 2. The summed E-state index contributed by atoms with van der Waals surface area (Å²) in [6.45, 7) is 5.57. The molecule has 0 aliphatic carbocycles. The number of nitrogens with one attached hydrogen (secondary N) is 2. The highest BCUT2D eigenvalue weighted by Crippen LogP contribution is 2.13. The summed E-state index contributed by atoms with van der Waals surface area (Å²) in [7, 11) is 0. The average Bonchev–Trinajstić information content (AvgIpc) is 2.81. The summed E-state index contributed by atoms with van der Waals surface area (Å²) >= 11 is 0. The van der Waals surface area contributed by atoms with Crippen LogP contribution in [0.3, 0.4) is 0 Å². The van der Waals surface area contributed by atoms with Gasteiger partial charge in [0.1, 0.15) is 5.92 Å². The van der Waals surface area contributed by atoms with Crippen LogP contribution in [0.15, 0.2) is 0 Å². The van der Waals surface area contributed by atoms with E-state index in [-0.39, 0.29) is 25.3 Å². The molecule has 0 saturated carbocycles. The van der Waals surface area contributed by atoms with Crippen molar-refractivity contribution >= 4 is 12.0 Å². The van der Waals surface area contributed by atoms with Crippen molar-refractivity contribution < 1.29 is 24.2 Å². The minimum absolute atomic E-state index is 0.146. The van der Waals surface area contributed by atoms with E-state index >= 15 is 0 Å². The Kier molecular flexibility index (Phi) is 7.32. The molecule has 7 nitrogen and oxygen atoms in total. The lowest BCUT2D eigenvalue weighted by Crippen LogP contribution is -2.47. The smallest absolute Gasteiger partial charge is 0.315 e. The Morgan fingerprint density at radius 1 is 1.35 bits per heavy atom. The van der Waals surface area contributed by atoms with Gasteiger partial charge in [-0.25, -0.2) is 4.79 Å². The van der Waals surface area contributed by atoms with Crippen LogP contribution in [-0.2, 0) is 14.3 Å². The van der Waals surface area contributed by atoms with E-state index in [0.29, 0.717) is 13.2 Å². The third-order valence-electron chi connectivity index (χ3n) is 3.02. The van der Waals surface area contributed by atoms with E-state index in [1.54, 1.807) is 0 Å². The van der Waals surface area contributed by atoms with Gasteiger partial charge in [-0.3, -0.25) is 4.79 Å². The van der Waals surface area contributed by atoms with Crippen LogP contribution in [0.1, 0.15) is 26.7 Å². The molecular weight excluding hydrogens is 264 g/mol. The minimum atomic E-state index is -0.946. The average molecular weight is 288 g/mol. The van der Waals surface area contributed by atoms with Gasteiger partial charge in [-0.15, -0.1) is 0 Å². The predicted molar refractivity (Wildman–Crippen MR) is 72.6 cm³/mol. The quantitative estimate of drug-likeness (QED) is 0.568. The Morgan fingerprint density at radius 2 is 2.10 bits per heavy atom. The maximum Gasteiger partial charge on any atom is 0.315 e. The van der Waals surface area contributed by atoms with Crippen molar-refractivity contribution in [3.63, 3.8) is 0 Å². The summed E-state index contributed by atoms with van der Waals surface area (Å²) in [5, 5.41) is 14.3. The van der Waals surface area contributed by atoms with Crippen LogP contribution in [0.4, 0.5) is 4.79 Å². The first-order chi connectivity index (χ1) is 9.50. The maximum absolute atomic E-state index is 11.6. The van der Waals surface area contributed by atoms with Crippen molar-refractivity contribution in [2.75, 3.05) is 26.4 Å². The van der Waals surface area contributed by atoms with Crippen LogP contribution >= 0.6 is 0 Å². The van der Waals surface area contributed by atoms with E-state index in [0.717, 1.165) is 12.8 Å². The molecule has 2 atom stereocenters. The van der Waals surface area contributed by atoms with E-state index in [2.05, 4.69) is 10.6 Å². The highest BCUT2D eigenvalue weighted by atomic mass is 16.5. The van der Waals surface area contributed by atoms with Crippen LogP contribution in [0.2, 0.25) is 0 Å².